The van der Waals surface area contributed by atoms with Crippen molar-refractivity contribution in [3.63, 3.8) is 0 Å². The Morgan fingerprint density at radius 2 is 2.06 bits per heavy atom. The second kappa shape index (κ2) is 4.49. The largest absolute Gasteiger partial charge is 0.440 e. The van der Waals surface area contributed by atoms with Gasteiger partial charge in [-0.25, -0.2) is 0 Å². The fraction of sp³-hybridized carbons (Fsp3) is 0.333. The molecule has 0 radical (unpaired) electrons. The summed E-state index contributed by atoms with van der Waals surface area (Å²) in [4.78, 5) is 0. The van der Waals surface area contributed by atoms with E-state index in [1.807, 2.05) is 30.3 Å². The Morgan fingerprint density at radius 1 is 1.39 bits per heavy atom. The lowest BCUT2D eigenvalue weighted by Crippen LogP contribution is -2.36. The van der Waals surface area contributed by atoms with Crippen molar-refractivity contribution in [2.24, 2.45) is 0 Å². The molecule has 18 heavy (non-hydrogen) atoms. The summed E-state index contributed by atoms with van der Waals surface area (Å²) in [6, 6.07) is 9.82. The van der Waals surface area contributed by atoms with E-state index in [1.165, 1.54) is 7.11 Å². The molecular formula is C15H16O3. The van der Waals surface area contributed by atoms with Crippen LogP contribution in [0, 0.1) is 12.3 Å². The second-order valence-electron chi connectivity index (χ2n) is 4.33. The van der Waals surface area contributed by atoms with Crippen LogP contribution < -0.4 is 0 Å². The zero-order chi connectivity index (χ0) is 13.2. The van der Waals surface area contributed by atoms with Gasteiger partial charge in [0, 0.05) is 20.5 Å². The average molecular weight is 244 g/mol. The van der Waals surface area contributed by atoms with Gasteiger partial charge in [-0.2, -0.15) is 0 Å². The number of ether oxygens (including phenoxy) is 3. The molecule has 0 aromatic heterocycles. The van der Waals surface area contributed by atoms with E-state index >= 15 is 0 Å². The molecule has 3 heteroatoms. The molecule has 1 aromatic rings. The van der Waals surface area contributed by atoms with E-state index in [0.29, 0.717) is 12.2 Å². The van der Waals surface area contributed by atoms with E-state index < -0.39 is 11.6 Å². The van der Waals surface area contributed by atoms with Gasteiger partial charge in [-0.05, 0) is 5.56 Å². The second-order valence-corrected chi connectivity index (χ2v) is 4.33. The molecular weight excluding hydrogens is 228 g/mol. The molecule has 3 nitrogen and oxygen atoms in total. The molecule has 1 heterocycles. The summed E-state index contributed by atoms with van der Waals surface area (Å²) in [7, 11) is 1.50. The SMILES string of the molecule is C#CC1(Cc2ccccc2)OC(C)(OC)OC1=C. The van der Waals surface area contributed by atoms with Crippen molar-refractivity contribution < 1.29 is 14.2 Å². The van der Waals surface area contributed by atoms with Crippen molar-refractivity contribution >= 4 is 0 Å². The monoisotopic (exact) mass is 244 g/mol. The normalized spacial score (nSPS) is 30.8. The summed E-state index contributed by atoms with van der Waals surface area (Å²) in [6.07, 6.45) is 6.11. The van der Waals surface area contributed by atoms with Gasteiger partial charge in [-0.15, -0.1) is 6.42 Å². The minimum Gasteiger partial charge on any atom is -0.440 e. The van der Waals surface area contributed by atoms with Crippen LogP contribution in [-0.4, -0.2) is 18.7 Å². The highest BCUT2D eigenvalue weighted by Crippen LogP contribution is 2.40. The van der Waals surface area contributed by atoms with E-state index in [-0.39, 0.29) is 0 Å². The molecule has 1 aliphatic rings. The van der Waals surface area contributed by atoms with Crippen LogP contribution in [0.2, 0.25) is 0 Å². The Kier molecular flexibility index (Phi) is 3.16. The molecule has 0 amide bonds. The predicted octanol–water partition coefficient (Wildman–Crippen LogP) is 2.48. The van der Waals surface area contributed by atoms with Crippen molar-refractivity contribution in [2.75, 3.05) is 7.11 Å². The number of terminal acetylenes is 1. The summed E-state index contributed by atoms with van der Waals surface area (Å²) < 4.78 is 16.4. The summed E-state index contributed by atoms with van der Waals surface area (Å²) in [5.41, 5.74) is 0.0760. The molecule has 1 fully saturated rings. The van der Waals surface area contributed by atoms with E-state index in [4.69, 9.17) is 20.6 Å². The number of hydrogen-bond donors (Lipinski definition) is 0. The van der Waals surface area contributed by atoms with Gasteiger partial charge >= 0.3 is 5.97 Å². The van der Waals surface area contributed by atoms with Crippen molar-refractivity contribution in [3.05, 3.63) is 48.2 Å². The number of benzene rings is 1. The lowest BCUT2D eigenvalue weighted by Gasteiger charge is -2.23. The fourth-order valence-corrected chi connectivity index (χ4v) is 1.96. The van der Waals surface area contributed by atoms with Gasteiger partial charge in [-0.1, -0.05) is 42.8 Å². The maximum Gasteiger partial charge on any atom is 0.325 e. The third kappa shape index (κ3) is 2.13. The maximum atomic E-state index is 5.77. The summed E-state index contributed by atoms with van der Waals surface area (Å²) in [6.45, 7) is 5.52. The smallest absolute Gasteiger partial charge is 0.325 e. The maximum absolute atomic E-state index is 5.77. The first-order valence-electron chi connectivity index (χ1n) is 5.69. The molecule has 0 spiro atoms. The molecule has 0 bridgehead atoms. The zero-order valence-corrected chi connectivity index (χ0v) is 10.6. The van der Waals surface area contributed by atoms with Crippen molar-refractivity contribution in [3.8, 4) is 12.3 Å². The highest BCUT2D eigenvalue weighted by atomic mass is 16.9. The first-order valence-corrected chi connectivity index (χ1v) is 5.69. The minimum absolute atomic E-state index is 0.401. The van der Waals surface area contributed by atoms with Crippen LogP contribution >= 0.6 is 0 Å². The third-order valence-electron chi connectivity index (χ3n) is 3.02. The Balaban J connectivity index is 2.28. The molecule has 1 saturated heterocycles. The highest BCUT2D eigenvalue weighted by molar-refractivity contribution is 5.32. The van der Waals surface area contributed by atoms with Crippen LogP contribution in [0.25, 0.3) is 0 Å². The molecule has 0 aliphatic carbocycles. The predicted molar refractivity (Wildman–Crippen MR) is 68.4 cm³/mol. The van der Waals surface area contributed by atoms with Gasteiger partial charge in [0.1, 0.15) is 5.76 Å². The Hall–Kier alpha value is -1.76. The highest BCUT2D eigenvalue weighted by Gasteiger charge is 2.51. The minimum atomic E-state index is -1.17. The zero-order valence-electron chi connectivity index (χ0n) is 10.6. The van der Waals surface area contributed by atoms with Crippen molar-refractivity contribution in [2.45, 2.75) is 24.9 Å². The first-order chi connectivity index (χ1) is 8.53. The Bertz CT molecular complexity index is 488. The Labute approximate surface area is 107 Å². The summed E-state index contributed by atoms with van der Waals surface area (Å²) >= 11 is 0. The van der Waals surface area contributed by atoms with E-state index in [9.17, 15) is 0 Å². The van der Waals surface area contributed by atoms with Crippen LogP contribution in [0.15, 0.2) is 42.7 Å². The summed E-state index contributed by atoms with van der Waals surface area (Å²) in [5.74, 6) is 1.87. The molecule has 1 aromatic carbocycles. The van der Waals surface area contributed by atoms with Crippen LogP contribution in [0.4, 0.5) is 0 Å². The van der Waals surface area contributed by atoms with Gasteiger partial charge in [0.25, 0.3) is 0 Å². The molecule has 2 unspecified atom stereocenters. The van der Waals surface area contributed by atoms with E-state index in [0.717, 1.165) is 5.56 Å². The number of rotatable bonds is 3. The van der Waals surface area contributed by atoms with Gasteiger partial charge in [-0.3, -0.25) is 4.74 Å². The molecule has 2 rings (SSSR count). The quantitative estimate of drug-likeness (QED) is 0.764. The molecule has 2 atom stereocenters. The van der Waals surface area contributed by atoms with E-state index in [2.05, 4.69) is 12.5 Å². The Morgan fingerprint density at radius 3 is 2.56 bits per heavy atom. The third-order valence-corrected chi connectivity index (χ3v) is 3.02. The molecule has 94 valence electrons. The number of methoxy groups -OCH3 is 1. The average Bonchev–Trinajstić information content (AvgIpc) is 2.63. The van der Waals surface area contributed by atoms with Crippen LogP contribution in [0.5, 0.6) is 0 Å². The molecule has 0 N–H and O–H groups in total. The first kappa shape index (κ1) is 12.7. The standard InChI is InChI=1S/C15H16O3/c1-5-15(11-13-9-7-6-8-10-13)12(2)17-14(3,16-4)18-15/h1,6-10H,2,11H2,3-4H3. The molecule has 0 saturated carbocycles. The number of hydrogen-bond acceptors (Lipinski definition) is 3. The van der Waals surface area contributed by atoms with Gasteiger partial charge < -0.3 is 9.47 Å². The van der Waals surface area contributed by atoms with Crippen molar-refractivity contribution in [1.29, 1.82) is 0 Å². The lowest BCUT2D eigenvalue weighted by atomic mass is 9.94. The van der Waals surface area contributed by atoms with Crippen LogP contribution in [-0.2, 0) is 20.6 Å². The fourth-order valence-electron chi connectivity index (χ4n) is 1.96. The van der Waals surface area contributed by atoms with Gasteiger partial charge in [0.2, 0.25) is 0 Å². The molecule has 1 aliphatic heterocycles. The lowest BCUT2D eigenvalue weighted by molar-refractivity contribution is -0.315. The van der Waals surface area contributed by atoms with Gasteiger partial charge in [0.05, 0.1) is 0 Å². The van der Waals surface area contributed by atoms with Crippen LogP contribution in [0.3, 0.4) is 0 Å². The van der Waals surface area contributed by atoms with Crippen LogP contribution in [0.1, 0.15) is 12.5 Å². The van der Waals surface area contributed by atoms with Crippen molar-refractivity contribution in [1.82, 2.24) is 0 Å². The summed E-state index contributed by atoms with van der Waals surface area (Å²) in [5, 5.41) is 0. The van der Waals surface area contributed by atoms with Gasteiger partial charge in [0.15, 0.2) is 5.60 Å². The van der Waals surface area contributed by atoms with E-state index in [1.54, 1.807) is 6.92 Å². The topological polar surface area (TPSA) is 27.7 Å².